The number of nitrogens with one attached hydrogen (secondary N) is 1. The summed E-state index contributed by atoms with van der Waals surface area (Å²) in [5.74, 6) is 0. The maximum atomic E-state index is 10.8. The summed E-state index contributed by atoms with van der Waals surface area (Å²) in [5.41, 5.74) is 2.09. The molecule has 0 aliphatic carbocycles. The molecule has 4 nitrogen and oxygen atoms in total. The molecule has 2 aromatic rings. The molecule has 0 saturated heterocycles. The lowest BCUT2D eigenvalue weighted by atomic mass is 9.95. The van der Waals surface area contributed by atoms with Crippen molar-refractivity contribution in [3.05, 3.63) is 55.8 Å². The number of non-ortho nitro benzene ring substituents is 1. The van der Waals surface area contributed by atoms with E-state index in [1.165, 1.54) is 15.8 Å². The molecule has 0 aliphatic heterocycles. The highest BCUT2D eigenvalue weighted by molar-refractivity contribution is 7.12. The van der Waals surface area contributed by atoms with Gasteiger partial charge in [0, 0.05) is 34.1 Å². The third-order valence-electron chi connectivity index (χ3n) is 3.29. The Bertz CT molecular complexity index is 657. The Hall–Kier alpha value is -1.88. The molecule has 1 aromatic carbocycles. The highest BCUT2D eigenvalue weighted by Crippen LogP contribution is 2.30. The van der Waals surface area contributed by atoms with E-state index in [2.05, 4.69) is 38.2 Å². The normalized spacial score (nSPS) is 11.4. The van der Waals surface area contributed by atoms with Gasteiger partial charge in [-0.2, -0.15) is 0 Å². The van der Waals surface area contributed by atoms with Crippen LogP contribution in [0.5, 0.6) is 0 Å². The number of nitrogens with zero attached hydrogens (tertiary/aromatic N) is 1. The summed E-state index contributed by atoms with van der Waals surface area (Å²) >= 11 is 1.78. The maximum absolute atomic E-state index is 10.8. The van der Waals surface area contributed by atoms with Crippen molar-refractivity contribution in [2.45, 2.75) is 39.7 Å². The zero-order chi connectivity index (χ0) is 15.6. The number of thiophene rings is 1. The first-order valence-electron chi connectivity index (χ1n) is 6.85. The van der Waals surface area contributed by atoms with Crippen molar-refractivity contribution in [2.24, 2.45) is 0 Å². The number of benzene rings is 1. The Kier molecular flexibility index (Phi) is 4.32. The average molecular weight is 304 g/mol. The molecule has 0 bridgehead atoms. The van der Waals surface area contributed by atoms with Crippen LogP contribution < -0.4 is 5.32 Å². The van der Waals surface area contributed by atoms with E-state index in [0.717, 1.165) is 11.3 Å². The van der Waals surface area contributed by atoms with Gasteiger partial charge in [0.25, 0.3) is 5.69 Å². The van der Waals surface area contributed by atoms with Crippen molar-refractivity contribution in [3.63, 3.8) is 0 Å². The number of nitro groups is 1. The Morgan fingerprint density at radius 1 is 1.24 bits per heavy atom. The number of nitro benzene ring substituents is 1. The smallest absolute Gasteiger partial charge is 0.271 e. The molecule has 1 N–H and O–H groups in total. The van der Waals surface area contributed by atoms with Crippen LogP contribution in [0.2, 0.25) is 0 Å². The minimum absolute atomic E-state index is 0.115. The first-order chi connectivity index (χ1) is 9.77. The van der Waals surface area contributed by atoms with Gasteiger partial charge in [-0.05, 0) is 30.0 Å². The number of aryl methyl sites for hydroxylation is 1. The van der Waals surface area contributed by atoms with Gasteiger partial charge in [-0.1, -0.05) is 26.8 Å². The van der Waals surface area contributed by atoms with E-state index in [1.54, 1.807) is 23.5 Å². The number of hydrogen-bond donors (Lipinski definition) is 1. The maximum Gasteiger partial charge on any atom is 0.271 e. The molecule has 0 atom stereocenters. The Balaban J connectivity index is 2.11. The molecule has 112 valence electrons. The lowest BCUT2D eigenvalue weighted by Crippen LogP contribution is -2.07. The van der Waals surface area contributed by atoms with Crippen LogP contribution in [0.25, 0.3) is 0 Å². The molecule has 21 heavy (non-hydrogen) atoms. The van der Waals surface area contributed by atoms with Crippen LogP contribution in [0.1, 0.15) is 36.1 Å². The fourth-order valence-corrected chi connectivity index (χ4v) is 2.98. The fourth-order valence-electron chi connectivity index (χ4n) is 1.97. The first kappa shape index (κ1) is 15.5. The summed E-state index contributed by atoms with van der Waals surface area (Å²) in [6, 6.07) is 9.17. The van der Waals surface area contributed by atoms with Crippen LogP contribution in [0.4, 0.5) is 11.4 Å². The van der Waals surface area contributed by atoms with Gasteiger partial charge in [0.15, 0.2) is 0 Å². The van der Waals surface area contributed by atoms with Crippen molar-refractivity contribution in [3.8, 4) is 0 Å². The van der Waals surface area contributed by atoms with Gasteiger partial charge < -0.3 is 5.32 Å². The zero-order valence-corrected chi connectivity index (χ0v) is 13.6. The van der Waals surface area contributed by atoms with E-state index in [-0.39, 0.29) is 16.0 Å². The molecule has 1 aromatic heterocycles. The Morgan fingerprint density at radius 3 is 2.52 bits per heavy atom. The third-order valence-corrected chi connectivity index (χ3v) is 4.80. The molecule has 0 saturated carbocycles. The summed E-state index contributed by atoms with van der Waals surface area (Å²) < 4.78 is 0. The van der Waals surface area contributed by atoms with Crippen molar-refractivity contribution < 1.29 is 4.92 Å². The fraction of sp³-hybridized carbons (Fsp3) is 0.375. The summed E-state index contributed by atoms with van der Waals surface area (Å²) in [5, 5.41) is 14.1. The van der Waals surface area contributed by atoms with Crippen molar-refractivity contribution in [2.75, 3.05) is 5.32 Å². The van der Waals surface area contributed by atoms with E-state index in [9.17, 15) is 10.1 Å². The second-order valence-corrected chi connectivity index (χ2v) is 7.29. The van der Waals surface area contributed by atoms with E-state index < -0.39 is 0 Å². The van der Waals surface area contributed by atoms with Gasteiger partial charge in [0.05, 0.1) is 4.92 Å². The minimum atomic E-state index is -0.368. The van der Waals surface area contributed by atoms with Crippen LogP contribution in [-0.2, 0) is 12.0 Å². The van der Waals surface area contributed by atoms with Gasteiger partial charge in [-0.25, -0.2) is 0 Å². The van der Waals surface area contributed by atoms with Gasteiger partial charge >= 0.3 is 0 Å². The van der Waals surface area contributed by atoms with E-state index in [0.29, 0.717) is 6.54 Å². The van der Waals surface area contributed by atoms with Crippen LogP contribution >= 0.6 is 11.3 Å². The van der Waals surface area contributed by atoms with E-state index >= 15 is 0 Å². The van der Waals surface area contributed by atoms with Crippen LogP contribution in [0.3, 0.4) is 0 Å². The van der Waals surface area contributed by atoms with Crippen LogP contribution in [0, 0.1) is 17.0 Å². The number of hydrogen-bond acceptors (Lipinski definition) is 4. The summed E-state index contributed by atoms with van der Waals surface area (Å²) in [7, 11) is 0. The predicted molar refractivity (Wildman–Crippen MR) is 88.2 cm³/mol. The standard InChI is InChI=1S/C16H20N2O2S/c1-11-5-6-12(18(19)20)9-14(11)17-10-13-7-8-15(21-13)16(2,3)4/h5-9,17H,10H2,1-4H3. The van der Waals surface area contributed by atoms with Crippen molar-refractivity contribution in [1.82, 2.24) is 0 Å². The minimum Gasteiger partial charge on any atom is -0.380 e. The quantitative estimate of drug-likeness (QED) is 0.647. The van der Waals surface area contributed by atoms with Gasteiger partial charge in [0.2, 0.25) is 0 Å². The molecule has 5 heteroatoms. The first-order valence-corrected chi connectivity index (χ1v) is 7.67. The lowest BCUT2D eigenvalue weighted by Gasteiger charge is -2.15. The molecule has 0 aliphatic rings. The topological polar surface area (TPSA) is 55.2 Å². The largest absolute Gasteiger partial charge is 0.380 e. The lowest BCUT2D eigenvalue weighted by molar-refractivity contribution is -0.384. The predicted octanol–water partition coefficient (Wildman–Crippen LogP) is 4.87. The van der Waals surface area contributed by atoms with Gasteiger partial charge in [-0.3, -0.25) is 10.1 Å². The second-order valence-electron chi connectivity index (χ2n) is 6.13. The van der Waals surface area contributed by atoms with E-state index in [1.807, 2.05) is 6.92 Å². The zero-order valence-electron chi connectivity index (χ0n) is 12.8. The Labute approximate surface area is 129 Å². The van der Waals surface area contributed by atoms with Crippen molar-refractivity contribution >= 4 is 22.7 Å². The molecule has 0 unspecified atom stereocenters. The number of rotatable bonds is 4. The van der Waals surface area contributed by atoms with Crippen LogP contribution in [0.15, 0.2) is 30.3 Å². The second kappa shape index (κ2) is 5.85. The van der Waals surface area contributed by atoms with Gasteiger partial charge in [-0.15, -0.1) is 11.3 Å². The third kappa shape index (κ3) is 3.82. The van der Waals surface area contributed by atoms with Crippen molar-refractivity contribution in [1.29, 1.82) is 0 Å². The average Bonchev–Trinajstić information content (AvgIpc) is 2.86. The SMILES string of the molecule is Cc1ccc([N+](=O)[O-])cc1NCc1ccc(C(C)(C)C)s1. The monoisotopic (exact) mass is 304 g/mol. The van der Waals surface area contributed by atoms with Crippen LogP contribution in [-0.4, -0.2) is 4.92 Å². The summed E-state index contributed by atoms with van der Waals surface area (Å²) in [6.07, 6.45) is 0. The highest BCUT2D eigenvalue weighted by Gasteiger charge is 2.16. The van der Waals surface area contributed by atoms with E-state index in [4.69, 9.17) is 0 Å². The molecule has 0 radical (unpaired) electrons. The molecule has 0 fully saturated rings. The molecule has 0 amide bonds. The molecule has 0 spiro atoms. The highest BCUT2D eigenvalue weighted by atomic mass is 32.1. The summed E-state index contributed by atoms with van der Waals surface area (Å²) in [6.45, 7) is 9.21. The number of anilines is 1. The molecular formula is C16H20N2O2S. The Morgan fingerprint density at radius 2 is 1.95 bits per heavy atom. The molecule has 1 heterocycles. The summed E-state index contributed by atoms with van der Waals surface area (Å²) in [4.78, 5) is 13.0. The van der Waals surface area contributed by atoms with Gasteiger partial charge in [0.1, 0.15) is 0 Å². The molecular weight excluding hydrogens is 284 g/mol. The molecule has 2 rings (SSSR count).